The maximum Gasteiger partial charge on any atom is 0.0433 e. The molecule has 0 radical (unpaired) electrons. The zero-order valence-corrected chi connectivity index (χ0v) is 5.75. The SMILES string of the molecule is C=C(CCl)C1CCC1. The third-order valence-corrected chi connectivity index (χ3v) is 2.20. The Kier molecular flexibility index (Phi) is 1.95. The zero-order chi connectivity index (χ0) is 5.98. The van der Waals surface area contributed by atoms with Crippen LogP contribution in [0.15, 0.2) is 12.2 Å². The molecule has 1 rings (SSSR count). The molecule has 0 aromatic carbocycles. The Morgan fingerprint density at radius 2 is 2.25 bits per heavy atom. The summed E-state index contributed by atoms with van der Waals surface area (Å²) in [6.07, 6.45) is 4.03. The maximum atomic E-state index is 5.56. The number of hydrogen-bond donors (Lipinski definition) is 0. The summed E-state index contributed by atoms with van der Waals surface area (Å²) in [6.45, 7) is 3.86. The quantitative estimate of drug-likeness (QED) is 0.398. The summed E-state index contributed by atoms with van der Waals surface area (Å²) in [6, 6.07) is 0. The van der Waals surface area contributed by atoms with Gasteiger partial charge in [-0.2, -0.15) is 0 Å². The van der Waals surface area contributed by atoms with Crippen molar-refractivity contribution < 1.29 is 0 Å². The van der Waals surface area contributed by atoms with E-state index in [1.807, 2.05) is 0 Å². The highest BCUT2D eigenvalue weighted by Gasteiger charge is 2.18. The molecule has 1 aliphatic rings. The first-order valence-electron chi connectivity index (χ1n) is 3.08. The Labute approximate surface area is 55.5 Å². The van der Waals surface area contributed by atoms with Gasteiger partial charge in [0.15, 0.2) is 0 Å². The molecule has 0 spiro atoms. The number of rotatable bonds is 2. The van der Waals surface area contributed by atoms with Crippen LogP contribution in [0.3, 0.4) is 0 Å². The highest BCUT2D eigenvalue weighted by molar-refractivity contribution is 6.19. The maximum absolute atomic E-state index is 5.56. The summed E-state index contributed by atoms with van der Waals surface area (Å²) in [7, 11) is 0. The molecule has 8 heavy (non-hydrogen) atoms. The molecule has 0 saturated heterocycles. The monoisotopic (exact) mass is 130 g/mol. The van der Waals surface area contributed by atoms with E-state index in [4.69, 9.17) is 11.6 Å². The largest absolute Gasteiger partial charge is 0.122 e. The second kappa shape index (κ2) is 2.54. The minimum Gasteiger partial charge on any atom is -0.122 e. The fourth-order valence-electron chi connectivity index (χ4n) is 0.926. The predicted molar refractivity (Wildman–Crippen MR) is 37.2 cm³/mol. The van der Waals surface area contributed by atoms with E-state index in [0.717, 1.165) is 5.92 Å². The molecular formula is C7H11Cl. The minimum atomic E-state index is 0.657. The summed E-state index contributed by atoms with van der Waals surface area (Å²) in [5, 5.41) is 0. The fourth-order valence-corrected chi connectivity index (χ4v) is 1.14. The normalized spacial score (nSPS) is 20.1. The van der Waals surface area contributed by atoms with E-state index in [-0.39, 0.29) is 0 Å². The van der Waals surface area contributed by atoms with Crippen LogP contribution in [0.25, 0.3) is 0 Å². The minimum absolute atomic E-state index is 0.657. The van der Waals surface area contributed by atoms with Gasteiger partial charge in [0.2, 0.25) is 0 Å². The van der Waals surface area contributed by atoms with Gasteiger partial charge in [0, 0.05) is 5.88 Å². The van der Waals surface area contributed by atoms with Gasteiger partial charge in [0.25, 0.3) is 0 Å². The Morgan fingerprint density at radius 3 is 2.38 bits per heavy atom. The van der Waals surface area contributed by atoms with E-state index < -0.39 is 0 Å². The van der Waals surface area contributed by atoms with Crippen molar-refractivity contribution in [2.45, 2.75) is 19.3 Å². The van der Waals surface area contributed by atoms with Crippen LogP contribution in [-0.2, 0) is 0 Å². The van der Waals surface area contributed by atoms with Crippen molar-refractivity contribution in [3.8, 4) is 0 Å². The Hall–Kier alpha value is 0.0300. The molecular weight excluding hydrogens is 120 g/mol. The van der Waals surface area contributed by atoms with Crippen LogP contribution < -0.4 is 0 Å². The van der Waals surface area contributed by atoms with Gasteiger partial charge in [-0.3, -0.25) is 0 Å². The van der Waals surface area contributed by atoms with E-state index in [2.05, 4.69) is 6.58 Å². The van der Waals surface area contributed by atoms with Gasteiger partial charge in [-0.05, 0) is 18.8 Å². The van der Waals surface area contributed by atoms with Crippen molar-refractivity contribution in [2.24, 2.45) is 5.92 Å². The fraction of sp³-hybridized carbons (Fsp3) is 0.714. The Bertz CT molecular complexity index is 92.6. The molecule has 0 atom stereocenters. The number of hydrogen-bond acceptors (Lipinski definition) is 0. The lowest BCUT2D eigenvalue weighted by Crippen LogP contribution is -2.13. The van der Waals surface area contributed by atoms with Crippen LogP contribution in [0.4, 0.5) is 0 Å². The molecule has 0 amide bonds. The number of allylic oxidation sites excluding steroid dienone is 1. The first-order chi connectivity index (χ1) is 3.84. The van der Waals surface area contributed by atoms with E-state index >= 15 is 0 Å². The van der Waals surface area contributed by atoms with Gasteiger partial charge in [0.1, 0.15) is 0 Å². The molecule has 0 unspecified atom stereocenters. The topological polar surface area (TPSA) is 0 Å². The molecule has 1 saturated carbocycles. The molecule has 0 nitrogen and oxygen atoms in total. The van der Waals surface area contributed by atoms with Crippen LogP contribution in [0.2, 0.25) is 0 Å². The van der Waals surface area contributed by atoms with Crippen molar-refractivity contribution in [2.75, 3.05) is 5.88 Å². The molecule has 0 aromatic rings. The van der Waals surface area contributed by atoms with Gasteiger partial charge in [0.05, 0.1) is 0 Å². The second-order valence-electron chi connectivity index (χ2n) is 2.42. The molecule has 46 valence electrons. The number of halogens is 1. The van der Waals surface area contributed by atoms with Crippen molar-refractivity contribution in [3.63, 3.8) is 0 Å². The summed E-state index contributed by atoms with van der Waals surface area (Å²) in [5.74, 6) is 1.43. The van der Waals surface area contributed by atoms with Crippen LogP contribution in [0.1, 0.15) is 19.3 Å². The Morgan fingerprint density at radius 1 is 1.62 bits per heavy atom. The van der Waals surface area contributed by atoms with Crippen molar-refractivity contribution in [1.82, 2.24) is 0 Å². The van der Waals surface area contributed by atoms with Gasteiger partial charge < -0.3 is 0 Å². The summed E-state index contributed by atoms with van der Waals surface area (Å²) < 4.78 is 0. The second-order valence-corrected chi connectivity index (χ2v) is 2.69. The molecule has 0 bridgehead atoms. The van der Waals surface area contributed by atoms with Gasteiger partial charge in [-0.1, -0.05) is 18.6 Å². The van der Waals surface area contributed by atoms with Crippen LogP contribution in [0.5, 0.6) is 0 Å². The summed E-state index contributed by atoms with van der Waals surface area (Å²) in [4.78, 5) is 0. The Balaban J connectivity index is 2.24. The van der Waals surface area contributed by atoms with Gasteiger partial charge >= 0.3 is 0 Å². The van der Waals surface area contributed by atoms with E-state index in [1.165, 1.54) is 24.8 Å². The average Bonchev–Trinajstić information content (AvgIpc) is 1.62. The smallest absolute Gasteiger partial charge is 0.0433 e. The predicted octanol–water partition coefficient (Wildman–Crippen LogP) is 2.58. The van der Waals surface area contributed by atoms with Gasteiger partial charge in [-0.25, -0.2) is 0 Å². The highest BCUT2D eigenvalue weighted by Crippen LogP contribution is 2.32. The standard InChI is InChI=1S/C7H11Cl/c1-6(5-8)7-3-2-4-7/h7H,1-5H2. The van der Waals surface area contributed by atoms with Gasteiger partial charge in [-0.15, -0.1) is 11.6 Å². The lowest BCUT2D eigenvalue weighted by atomic mass is 9.81. The average molecular weight is 131 g/mol. The lowest BCUT2D eigenvalue weighted by Gasteiger charge is -2.26. The lowest BCUT2D eigenvalue weighted by molar-refractivity contribution is 0.369. The van der Waals surface area contributed by atoms with E-state index in [1.54, 1.807) is 0 Å². The van der Waals surface area contributed by atoms with E-state index in [9.17, 15) is 0 Å². The molecule has 0 aliphatic heterocycles. The first-order valence-corrected chi connectivity index (χ1v) is 3.61. The van der Waals surface area contributed by atoms with E-state index in [0.29, 0.717) is 5.88 Å². The van der Waals surface area contributed by atoms with Crippen LogP contribution in [0, 0.1) is 5.92 Å². The third-order valence-electron chi connectivity index (χ3n) is 1.85. The van der Waals surface area contributed by atoms with Crippen molar-refractivity contribution >= 4 is 11.6 Å². The van der Waals surface area contributed by atoms with Crippen molar-refractivity contribution in [3.05, 3.63) is 12.2 Å². The summed E-state index contributed by atoms with van der Waals surface area (Å²) >= 11 is 5.56. The van der Waals surface area contributed by atoms with Crippen LogP contribution >= 0.6 is 11.6 Å². The number of alkyl halides is 1. The molecule has 0 aromatic heterocycles. The third kappa shape index (κ3) is 1.05. The molecule has 0 N–H and O–H groups in total. The molecule has 1 heteroatoms. The molecule has 1 fully saturated rings. The summed E-state index contributed by atoms with van der Waals surface area (Å²) in [5.41, 5.74) is 1.23. The molecule has 1 aliphatic carbocycles. The highest BCUT2D eigenvalue weighted by atomic mass is 35.5. The van der Waals surface area contributed by atoms with Crippen LogP contribution in [-0.4, -0.2) is 5.88 Å². The zero-order valence-electron chi connectivity index (χ0n) is 4.99. The molecule has 0 heterocycles. The first kappa shape index (κ1) is 6.15. The van der Waals surface area contributed by atoms with Crippen molar-refractivity contribution in [1.29, 1.82) is 0 Å².